The summed E-state index contributed by atoms with van der Waals surface area (Å²) in [6.07, 6.45) is 3.02. The fourth-order valence-corrected chi connectivity index (χ4v) is 5.70. The standard InChI is InChI=1S/C24H20Cl2O5S/c25-20-7-4-8-21(26)24(20)32(29,30)16-18-9-11-22(19(15-18)10-12-23(27)28)31-14-13-17-5-2-1-3-6-17/h1-12,15H,13-14,16H2,(H,27,28). The molecule has 3 rings (SSSR count). The first-order chi connectivity index (χ1) is 15.3. The Balaban J connectivity index is 1.84. The van der Waals surface area contributed by atoms with Crippen molar-refractivity contribution < 1.29 is 23.1 Å². The van der Waals surface area contributed by atoms with Crippen LogP contribution in [0, 0.1) is 0 Å². The van der Waals surface area contributed by atoms with Crippen LogP contribution in [0.15, 0.2) is 77.7 Å². The molecule has 32 heavy (non-hydrogen) atoms. The molecule has 3 aromatic rings. The number of hydrogen-bond acceptors (Lipinski definition) is 4. The molecule has 3 aromatic carbocycles. The van der Waals surface area contributed by atoms with Gasteiger partial charge in [-0.1, -0.05) is 65.7 Å². The van der Waals surface area contributed by atoms with Crippen LogP contribution in [0.3, 0.4) is 0 Å². The molecule has 0 aliphatic carbocycles. The normalized spacial score (nSPS) is 11.6. The first kappa shape index (κ1) is 23.9. The molecule has 0 heterocycles. The van der Waals surface area contributed by atoms with E-state index in [0.29, 0.717) is 29.9 Å². The summed E-state index contributed by atoms with van der Waals surface area (Å²) >= 11 is 12.1. The van der Waals surface area contributed by atoms with Gasteiger partial charge < -0.3 is 9.84 Å². The van der Waals surface area contributed by atoms with Gasteiger partial charge in [-0.15, -0.1) is 0 Å². The van der Waals surface area contributed by atoms with E-state index < -0.39 is 15.8 Å². The van der Waals surface area contributed by atoms with Gasteiger partial charge in [0.15, 0.2) is 9.84 Å². The maximum atomic E-state index is 12.9. The van der Waals surface area contributed by atoms with Crippen LogP contribution in [0.2, 0.25) is 10.0 Å². The van der Waals surface area contributed by atoms with Crippen LogP contribution in [0.25, 0.3) is 6.08 Å². The molecule has 0 atom stereocenters. The number of carboxylic acid groups (broad SMARTS) is 1. The summed E-state index contributed by atoms with van der Waals surface area (Å²) in [6, 6.07) is 19.1. The van der Waals surface area contributed by atoms with Crippen molar-refractivity contribution in [1.29, 1.82) is 0 Å². The van der Waals surface area contributed by atoms with Crippen LogP contribution in [0.4, 0.5) is 0 Å². The molecule has 0 saturated carbocycles. The van der Waals surface area contributed by atoms with Gasteiger partial charge in [-0.3, -0.25) is 0 Å². The van der Waals surface area contributed by atoms with Crippen molar-refractivity contribution in [1.82, 2.24) is 0 Å². The van der Waals surface area contributed by atoms with Crippen LogP contribution in [-0.4, -0.2) is 26.1 Å². The quantitative estimate of drug-likeness (QED) is 0.389. The summed E-state index contributed by atoms with van der Waals surface area (Å²) in [6.45, 7) is 0.380. The lowest BCUT2D eigenvalue weighted by molar-refractivity contribution is -0.131. The SMILES string of the molecule is O=C(O)C=Cc1cc(CS(=O)(=O)c2c(Cl)cccc2Cl)ccc1OCCc1ccccc1. The van der Waals surface area contributed by atoms with E-state index in [1.807, 2.05) is 30.3 Å². The highest BCUT2D eigenvalue weighted by molar-refractivity contribution is 7.90. The molecule has 0 saturated heterocycles. The van der Waals surface area contributed by atoms with Gasteiger partial charge in [0.25, 0.3) is 0 Å². The Morgan fingerprint density at radius 2 is 1.62 bits per heavy atom. The van der Waals surface area contributed by atoms with Gasteiger partial charge in [-0.25, -0.2) is 13.2 Å². The Labute approximate surface area is 196 Å². The van der Waals surface area contributed by atoms with E-state index in [1.165, 1.54) is 18.2 Å². The minimum atomic E-state index is -3.83. The Bertz CT molecular complexity index is 1220. The van der Waals surface area contributed by atoms with Gasteiger partial charge in [0.1, 0.15) is 10.6 Å². The molecule has 0 bridgehead atoms. The largest absolute Gasteiger partial charge is 0.493 e. The van der Waals surface area contributed by atoms with Crippen LogP contribution >= 0.6 is 23.2 Å². The van der Waals surface area contributed by atoms with Crippen LogP contribution in [0.5, 0.6) is 5.75 Å². The predicted molar refractivity (Wildman–Crippen MR) is 126 cm³/mol. The smallest absolute Gasteiger partial charge is 0.328 e. The zero-order valence-electron chi connectivity index (χ0n) is 16.9. The van der Waals surface area contributed by atoms with Gasteiger partial charge in [0.05, 0.1) is 22.4 Å². The number of carbonyl (C=O) groups is 1. The maximum Gasteiger partial charge on any atom is 0.328 e. The Kier molecular flexibility index (Phi) is 7.96. The highest BCUT2D eigenvalue weighted by atomic mass is 35.5. The van der Waals surface area contributed by atoms with Gasteiger partial charge >= 0.3 is 5.97 Å². The van der Waals surface area contributed by atoms with Crippen molar-refractivity contribution in [3.8, 4) is 5.75 Å². The lowest BCUT2D eigenvalue weighted by atomic mass is 10.1. The molecule has 0 aliphatic heterocycles. The number of hydrogen-bond donors (Lipinski definition) is 1. The zero-order chi connectivity index (χ0) is 23.1. The zero-order valence-corrected chi connectivity index (χ0v) is 19.2. The Morgan fingerprint density at radius 3 is 2.28 bits per heavy atom. The molecule has 166 valence electrons. The van der Waals surface area contributed by atoms with E-state index in [4.69, 9.17) is 33.0 Å². The number of carboxylic acids is 1. The molecular formula is C24H20Cl2O5S. The van der Waals surface area contributed by atoms with Gasteiger partial charge in [-0.2, -0.15) is 0 Å². The van der Waals surface area contributed by atoms with E-state index in [2.05, 4.69) is 0 Å². The summed E-state index contributed by atoms with van der Waals surface area (Å²) in [5.74, 6) is -1.02. The fourth-order valence-electron chi connectivity index (χ4n) is 3.11. The fraction of sp³-hybridized carbons (Fsp3) is 0.125. The molecule has 0 spiro atoms. The second-order valence-corrected chi connectivity index (χ2v) is 9.68. The molecule has 0 unspecified atom stereocenters. The lowest BCUT2D eigenvalue weighted by Crippen LogP contribution is -2.07. The van der Waals surface area contributed by atoms with E-state index in [1.54, 1.807) is 24.3 Å². The van der Waals surface area contributed by atoms with E-state index in [-0.39, 0.29) is 20.7 Å². The van der Waals surface area contributed by atoms with Crippen molar-refractivity contribution in [2.45, 2.75) is 17.1 Å². The van der Waals surface area contributed by atoms with E-state index in [0.717, 1.165) is 11.6 Å². The number of benzene rings is 3. The number of rotatable bonds is 9. The topological polar surface area (TPSA) is 80.7 Å². The summed E-state index contributed by atoms with van der Waals surface area (Å²) in [5, 5.41) is 9.09. The van der Waals surface area contributed by atoms with Crippen molar-refractivity contribution in [3.05, 3.63) is 99.5 Å². The Morgan fingerprint density at radius 1 is 0.938 bits per heavy atom. The molecular weight excluding hydrogens is 471 g/mol. The van der Waals surface area contributed by atoms with Crippen molar-refractivity contribution in [2.75, 3.05) is 6.61 Å². The molecule has 0 amide bonds. The van der Waals surface area contributed by atoms with Crippen molar-refractivity contribution in [3.63, 3.8) is 0 Å². The van der Waals surface area contributed by atoms with Crippen LogP contribution in [0.1, 0.15) is 16.7 Å². The number of halogens is 2. The summed E-state index contributed by atoms with van der Waals surface area (Å²) in [7, 11) is -3.83. The minimum absolute atomic E-state index is 0.0457. The van der Waals surface area contributed by atoms with Crippen LogP contribution in [-0.2, 0) is 26.8 Å². The minimum Gasteiger partial charge on any atom is -0.493 e. The van der Waals surface area contributed by atoms with Gasteiger partial charge in [0, 0.05) is 18.1 Å². The molecule has 5 nitrogen and oxygen atoms in total. The van der Waals surface area contributed by atoms with E-state index >= 15 is 0 Å². The molecule has 0 aromatic heterocycles. The summed E-state index contributed by atoms with van der Waals surface area (Å²) < 4.78 is 31.7. The number of sulfone groups is 1. The highest BCUT2D eigenvalue weighted by Gasteiger charge is 2.22. The monoisotopic (exact) mass is 490 g/mol. The van der Waals surface area contributed by atoms with Crippen LogP contribution < -0.4 is 4.74 Å². The third-order valence-electron chi connectivity index (χ3n) is 4.56. The summed E-state index contributed by atoms with van der Waals surface area (Å²) in [4.78, 5) is 10.9. The first-order valence-electron chi connectivity index (χ1n) is 9.64. The highest BCUT2D eigenvalue weighted by Crippen LogP contribution is 2.32. The molecule has 0 fully saturated rings. The molecule has 1 N–H and O–H groups in total. The number of aliphatic carboxylic acids is 1. The third-order valence-corrected chi connectivity index (χ3v) is 7.19. The maximum absolute atomic E-state index is 12.9. The average Bonchev–Trinajstić information content (AvgIpc) is 2.73. The third kappa shape index (κ3) is 6.36. The second-order valence-electron chi connectivity index (χ2n) is 6.94. The van der Waals surface area contributed by atoms with E-state index in [9.17, 15) is 13.2 Å². The van der Waals surface area contributed by atoms with Gasteiger partial charge in [-0.05, 0) is 41.5 Å². The Hall–Kier alpha value is -2.80. The number of ether oxygens (including phenoxy) is 1. The van der Waals surface area contributed by atoms with Gasteiger partial charge in [0.2, 0.25) is 0 Å². The second kappa shape index (κ2) is 10.7. The summed E-state index contributed by atoms with van der Waals surface area (Å²) in [5.41, 5.74) is 2.01. The average molecular weight is 491 g/mol. The lowest BCUT2D eigenvalue weighted by Gasteiger charge is -2.13. The molecule has 0 radical (unpaired) electrons. The first-order valence-corrected chi connectivity index (χ1v) is 12.0. The van der Waals surface area contributed by atoms with Crippen molar-refractivity contribution >= 4 is 45.1 Å². The molecule has 8 heteroatoms. The molecule has 0 aliphatic rings. The van der Waals surface area contributed by atoms with Crippen molar-refractivity contribution in [2.24, 2.45) is 0 Å². The predicted octanol–water partition coefficient (Wildman–Crippen LogP) is 5.69.